The largest absolute Gasteiger partial charge is 0.454 e. The van der Waals surface area contributed by atoms with E-state index in [-0.39, 0.29) is 12.7 Å². The third-order valence-electron chi connectivity index (χ3n) is 8.58. The fourth-order valence-corrected chi connectivity index (χ4v) is 7.50. The highest BCUT2D eigenvalue weighted by Crippen LogP contribution is 2.50. The summed E-state index contributed by atoms with van der Waals surface area (Å²) < 4.78 is 10.9. The van der Waals surface area contributed by atoms with E-state index in [2.05, 4.69) is 83.0 Å². The van der Waals surface area contributed by atoms with Gasteiger partial charge in [0.15, 0.2) is 16.7 Å². The van der Waals surface area contributed by atoms with Gasteiger partial charge >= 0.3 is 0 Å². The first-order chi connectivity index (χ1) is 20.7. The lowest BCUT2D eigenvalue weighted by molar-refractivity contribution is -0.115. The lowest BCUT2D eigenvalue weighted by Crippen LogP contribution is -2.37. The zero-order valence-electron chi connectivity index (χ0n) is 23.0. The molecule has 0 saturated carbocycles. The number of anilines is 1. The summed E-state index contributed by atoms with van der Waals surface area (Å²) in [7, 11) is 0. The molecule has 0 aliphatic carbocycles. The molecule has 4 aliphatic rings. The molecule has 0 radical (unpaired) electrons. The molecular weight excluding hydrogens is 542 g/mol. The van der Waals surface area contributed by atoms with Gasteiger partial charge in [0.2, 0.25) is 6.79 Å². The molecule has 0 unspecified atom stereocenters. The SMILES string of the molecule is O=C1NC(=Nc2cc3c4c(c2)[C@H](c2ccccc2)CCN4CC[C@H]3c2ccccc2)S/C1=C\c1ccc2c(c1)OCO2. The van der Waals surface area contributed by atoms with E-state index in [1.807, 2.05) is 24.3 Å². The van der Waals surface area contributed by atoms with Crippen molar-refractivity contribution in [1.82, 2.24) is 5.32 Å². The summed E-state index contributed by atoms with van der Waals surface area (Å²) in [6.07, 6.45) is 4.01. The molecule has 8 rings (SSSR count). The van der Waals surface area contributed by atoms with Crippen molar-refractivity contribution in [3.8, 4) is 11.5 Å². The number of nitrogens with one attached hydrogen (secondary N) is 1. The third kappa shape index (κ3) is 4.54. The third-order valence-corrected chi connectivity index (χ3v) is 9.49. The highest BCUT2D eigenvalue weighted by Gasteiger charge is 2.35. The maximum atomic E-state index is 13.0. The summed E-state index contributed by atoms with van der Waals surface area (Å²) in [5, 5.41) is 3.58. The van der Waals surface area contributed by atoms with E-state index < -0.39 is 0 Å². The molecule has 4 aromatic rings. The summed E-state index contributed by atoms with van der Waals surface area (Å²) in [6.45, 7) is 2.32. The van der Waals surface area contributed by atoms with E-state index in [0.717, 1.165) is 42.9 Å². The van der Waals surface area contributed by atoms with Crippen molar-refractivity contribution in [2.75, 3.05) is 24.8 Å². The second-order valence-corrected chi connectivity index (χ2v) is 12.1. The lowest BCUT2D eigenvalue weighted by Gasteiger charge is -2.43. The Balaban J connectivity index is 1.19. The van der Waals surface area contributed by atoms with Crippen molar-refractivity contribution in [2.24, 2.45) is 4.99 Å². The predicted molar refractivity (Wildman–Crippen MR) is 168 cm³/mol. The van der Waals surface area contributed by atoms with Crippen LogP contribution in [0.25, 0.3) is 6.08 Å². The summed E-state index contributed by atoms with van der Waals surface area (Å²) in [5.41, 5.74) is 8.46. The molecule has 4 aliphatic heterocycles. The summed E-state index contributed by atoms with van der Waals surface area (Å²) >= 11 is 1.37. The zero-order valence-corrected chi connectivity index (χ0v) is 23.8. The van der Waals surface area contributed by atoms with Crippen LogP contribution in [0.3, 0.4) is 0 Å². The fraction of sp³-hybridized carbons (Fsp3) is 0.200. The van der Waals surface area contributed by atoms with E-state index in [1.54, 1.807) is 0 Å². The number of hydrogen-bond donors (Lipinski definition) is 1. The Labute approximate surface area is 249 Å². The van der Waals surface area contributed by atoms with Crippen LogP contribution in [0.4, 0.5) is 11.4 Å². The van der Waals surface area contributed by atoms with Crippen molar-refractivity contribution in [3.63, 3.8) is 0 Å². The normalized spacial score (nSPS) is 22.4. The molecule has 1 fully saturated rings. The number of amidine groups is 1. The molecule has 0 spiro atoms. The van der Waals surface area contributed by atoms with Gasteiger partial charge in [-0.3, -0.25) is 4.79 Å². The lowest BCUT2D eigenvalue weighted by atomic mass is 9.76. The van der Waals surface area contributed by atoms with Crippen molar-refractivity contribution in [3.05, 3.63) is 124 Å². The Bertz CT molecular complexity index is 1680. The van der Waals surface area contributed by atoms with Gasteiger partial charge in [-0.1, -0.05) is 66.7 Å². The monoisotopic (exact) mass is 571 g/mol. The number of rotatable bonds is 4. The standard InChI is InChI=1S/C35H29N3O3S/c39-34-32(18-22-11-12-30-31(17-22)41-21-40-30)42-35(37-34)36-25-19-28-26(23-7-3-1-4-8-23)13-15-38-16-14-27(29(20-25)33(28)38)24-9-5-2-6-10-24/h1-12,17-20,26-27H,13-16,21H2,(H,36,37,39)/b32-18-/t26-,27-/m0/s1. The van der Waals surface area contributed by atoms with Crippen LogP contribution < -0.4 is 19.7 Å². The van der Waals surface area contributed by atoms with E-state index in [0.29, 0.717) is 27.7 Å². The van der Waals surface area contributed by atoms with Gasteiger partial charge in [0, 0.05) is 30.6 Å². The molecule has 208 valence electrons. The number of amides is 1. The number of carbonyl (C=O) groups excluding carboxylic acids is 1. The van der Waals surface area contributed by atoms with E-state index >= 15 is 0 Å². The van der Waals surface area contributed by atoms with Crippen molar-refractivity contribution >= 4 is 40.3 Å². The second kappa shape index (κ2) is 10.4. The summed E-state index contributed by atoms with van der Waals surface area (Å²) in [4.78, 5) is 21.1. The molecule has 42 heavy (non-hydrogen) atoms. The van der Waals surface area contributed by atoms with E-state index in [1.165, 1.54) is 39.7 Å². The number of ether oxygens (including phenoxy) is 2. The van der Waals surface area contributed by atoms with Gasteiger partial charge in [-0.05, 0) is 82.8 Å². The minimum absolute atomic E-state index is 0.147. The molecule has 4 heterocycles. The number of hydrogen-bond acceptors (Lipinski definition) is 6. The maximum Gasteiger partial charge on any atom is 0.264 e. The van der Waals surface area contributed by atoms with Gasteiger partial charge in [0.1, 0.15) is 0 Å². The van der Waals surface area contributed by atoms with Gasteiger partial charge in [-0.2, -0.15) is 0 Å². The smallest absolute Gasteiger partial charge is 0.264 e. The molecule has 0 aromatic heterocycles. The van der Waals surface area contributed by atoms with Crippen LogP contribution in [0, 0.1) is 0 Å². The van der Waals surface area contributed by atoms with Crippen LogP contribution in [0.5, 0.6) is 11.5 Å². The van der Waals surface area contributed by atoms with E-state index in [9.17, 15) is 4.79 Å². The Kier molecular flexibility index (Phi) is 6.25. The summed E-state index contributed by atoms with van der Waals surface area (Å²) in [5.74, 6) is 1.88. The van der Waals surface area contributed by atoms with Crippen molar-refractivity contribution < 1.29 is 14.3 Å². The van der Waals surface area contributed by atoms with E-state index in [4.69, 9.17) is 14.5 Å². The number of carbonyl (C=O) groups is 1. The number of benzene rings is 4. The number of thioether (sulfide) groups is 1. The molecule has 2 atom stereocenters. The van der Waals surface area contributed by atoms with Crippen LogP contribution in [0.2, 0.25) is 0 Å². The zero-order chi connectivity index (χ0) is 28.0. The first-order valence-corrected chi connectivity index (χ1v) is 15.2. The minimum Gasteiger partial charge on any atom is -0.454 e. The summed E-state index contributed by atoms with van der Waals surface area (Å²) in [6, 6.07) is 31.8. The highest BCUT2D eigenvalue weighted by molar-refractivity contribution is 8.18. The molecule has 6 nitrogen and oxygen atoms in total. The molecule has 7 heteroatoms. The van der Waals surface area contributed by atoms with Crippen molar-refractivity contribution in [2.45, 2.75) is 24.7 Å². The Hall–Kier alpha value is -4.49. The van der Waals surface area contributed by atoms with Crippen LogP contribution in [-0.2, 0) is 4.79 Å². The first kappa shape index (κ1) is 25.2. The average molecular weight is 572 g/mol. The number of aliphatic imine (C=N–C) groups is 1. The molecule has 0 bridgehead atoms. The first-order valence-electron chi connectivity index (χ1n) is 14.4. The van der Waals surface area contributed by atoms with Crippen LogP contribution in [0.1, 0.15) is 52.5 Å². The van der Waals surface area contributed by atoms with Crippen LogP contribution in [-0.4, -0.2) is 31.0 Å². The van der Waals surface area contributed by atoms with Gasteiger partial charge in [-0.25, -0.2) is 4.99 Å². The average Bonchev–Trinajstić information content (AvgIpc) is 3.63. The minimum atomic E-state index is -0.147. The van der Waals surface area contributed by atoms with Gasteiger partial charge in [0.25, 0.3) is 5.91 Å². The molecule has 1 N–H and O–H groups in total. The number of nitrogens with zero attached hydrogens (tertiary/aromatic N) is 2. The van der Waals surface area contributed by atoms with Gasteiger partial charge < -0.3 is 19.7 Å². The van der Waals surface area contributed by atoms with Gasteiger partial charge in [-0.15, -0.1) is 0 Å². The van der Waals surface area contributed by atoms with Crippen LogP contribution in [0.15, 0.2) is 101 Å². The molecular formula is C35H29N3O3S. The highest BCUT2D eigenvalue weighted by atomic mass is 32.2. The Morgan fingerprint density at radius 1 is 0.810 bits per heavy atom. The van der Waals surface area contributed by atoms with Crippen LogP contribution >= 0.6 is 11.8 Å². The fourth-order valence-electron chi connectivity index (χ4n) is 6.66. The quantitative estimate of drug-likeness (QED) is 0.263. The molecule has 4 aromatic carbocycles. The Morgan fingerprint density at radius 3 is 2.12 bits per heavy atom. The maximum absolute atomic E-state index is 13.0. The van der Waals surface area contributed by atoms with Crippen molar-refractivity contribution in [1.29, 1.82) is 0 Å². The topological polar surface area (TPSA) is 63.2 Å². The second-order valence-electron chi connectivity index (χ2n) is 11.1. The number of fused-ring (bicyclic) bond motifs is 1. The molecule has 1 amide bonds. The Morgan fingerprint density at radius 2 is 1.45 bits per heavy atom. The van der Waals surface area contributed by atoms with Gasteiger partial charge in [0.05, 0.1) is 10.6 Å². The predicted octanol–water partition coefficient (Wildman–Crippen LogP) is 7.18. The molecule has 1 saturated heterocycles.